The van der Waals surface area contributed by atoms with Crippen molar-refractivity contribution >= 4 is 22.6 Å². The number of furan rings is 1. The quantitative estimate of drug-likeness (QED) is 0.247. The average Bonchev–Trinajstić information content (AvgIpc) is 3.49. The van der Waals surface area contributed by atoms with Crippen molar-refractivity contribution in [2.45, 2.75) is 13.0 Å². The fourth-order valence-electron chi connectivity index (χ4n) is 4.40. The Kier molecular flexibility index (Phi) is 9.58. The highest BCUT2D eigenvalue weighted by molar-refractivity contribution is 6.00. The van der Waals surface area contributed by atoms with Gasteiger partial charge < -0.3 is 28.4 Å². The smallest absolute Gasteiger partial charge is 0.254 e. The van der Waals surface area contributed by atoms with Crippen LogP contribution in [-0.2, 0) is 22.5 Å². The molecule has 0 bridgehead atoms. The van der Waals surface area contributed by atoms with Gasteiger partial charge in [-0.05, 0) is 59.2 Å². The van der Waals surface area contributed by atoms with Gasteiger partial charge in [-0.3, -0.25) is 9.59 Å². The molecule has 0 aliphatic rings. The number of carbonyl (C=O) groups excluding carboxylic acids is 2. The Morgan fingerprint density at radius 2 is 1.59 bits per heavy atom. The Hall–Kier alpha value is -4.30. The Morgan fingerprint density at radius 3 is 2.31 bits per heavy atom. The third-order valence-corrected chi connectivity index (χ3v) is 6.57. The van der Waals surface area contributed by atoms with Crippen LogP contribution in [0, 0.1) is 0 Å². The first kappa shape index (κ1) is 27.7. The van der Waals surface area contributed by atoms with Gasteiger partial charge in [-0.2, -0.15) is 0 Å². The van der Waals surface area contributed by atoms with Gasteiger partial charge >= 0.3 is 0 Å². The molecule has 8 nitrogen and oxygen atoms in total. The minimum atomic E-state index is -0.219. The maximum atomic E-state index is 13.6. The van der Waals surface area contributed by atoms with E-state index in [0.717, 1.165) is 16.3 Å². The average molecular weight is 531 g/mol. The maximum absolute atomic E-state index is 13.6. The molecule has 0 aliphatic carbocycles. The number of nitrogens with zero attached hydrogens (tertiary/aromatic N) is 2. The van der Waals surface area contributed by atoms with Crippen LogP contribution in [0.2, 0.25) is 0 Å². The van der Waals surface area contributed by atoms with Gasteiger partial charge in [-0.1, -0.05) is 36.4 Å². The Labute approximate surface area is 228 Å². The van der Waals surface area contributed by atoms with Crippen LogP contribution in [0.3, 0.4) is 0 Å². The second-order valence-electron chi connectivity index (χ2n) is 9.12. The number of benzene rings is 3. The van der Waals surface area contributed by atoms with Crippen LogP contribution in [-0.4, -0.2) is 69.2 Å². The first-order valence-corrected chi connectivity index (χ1v) is 12.8. The molecule has 0 saturated carbocycles. The second-order valence-corrected chi connectivity index (χ2v) is 9.12. The van der Waals surface area contributed by atoms with Crippen LogP contribution in [0.5, 0.6) is 11.5 Å². The lowest BCUT2D eigenvalue weighted by atomic mass is 10.1. The van der Waals surface area contributed by atoms with Crippen molar-refractivity contribution < 1.29 is 28.2 Å². The molecule has 8 heteroatoms. The lowest BCUT2D eigenvalue weighted by molar-refractivity contribution is -0.132. The topological polar surface area (TPSA) is 81.5 Å². The molecule has 2 amide bonds. The van der Waals surface area contributed by atoms with Gasteiger partial charge in [0.1, 0.15) is 12.3 Å². The zero-order chi connectivity index (χ0) is 27.6. The number of methoxy groups -OCH3 is 3. The van der Waals surface area contributed by atoms with E-state index >= 15 is 0 Å². The molecule has 0 N–H and O–H groups in total. The zero-order valence-electron chi connectivity index (χ0n) is 22.6. The Balaban J connectivity index is 1.52. The third-order valence-electron chi connectivity index (χ3n) is 6.57. The largest absolute Gasteiger partial charge is 0.493 e. The van der Waals surface area contributed by atoms with E-state index in [4.69, 9.17) is 18.6 Å². The highest BCUT2D eigenvalue weighted by atomic mass is 16.5. The molecule has 0 spiro atoms. The molecule has 0 atom stereocenters. The maximum Gasteiger partial charge on any atom is 0.254 e. The molecule has 3 aromatic carbocycles. The molecule has 0 saturated heterocycles. The monoisotopic (exact) mass is 530 g/mol. The number of fused-ring (bicyclic) bond motifs is 1. The molecule has 4 aromatic rings. The lowest BCUT2D eigenvalue weighted by Gasteiger charge is -2.27. The predicted molar refractivity (Wildman–Crippen MR) is 149 cm³/mol. The number of carbonyl (C=O) groups is 2. The van der Waals surface area contributed by atoms with Crippen molar-refractivity contribution in [1.29, 1.82) is 0 Å². The molecule has 0 fully saturated rings. The SMILES string of the molecule is COCCN(CC(=O)N(CCc1ccc(OC)c(OC)c1)Cc1ccco1)C(=O)c1ccc2ccccc2c1. The normalized spacial score (nSPS) is 10.8. The summed E-state index contributed by atoms with van der Waals surface area (Å²) >= 11 is 0. The van der Waals surface area contributed by atoms with Crippen molar-refractivity contribution in [2.24, 2.45) is 0 Å². The van der Waals surface area contributed by atoms with Gasteiger partial charge in [-0.25, -0.2) is 0 Å². The van der Waals surface area contributed by atoms with Crippen molar-refractivity contribution in [3.8, 4) is 11.5 Å². The van der Waals surface area contributed by atoms with Gasteiger partial charge in [0.05, 0.1) is 33.6 Å². The molecule has 4 rings (SSSR count). The van der Waals surface area contributed by atoms with Crippen LogP contribution in [0.4, 0.5) is 0 Å². The number of ether oxygens (including phenoxy) is 3. The van der Waals surface area contributed by atoms with Crippen molar-refractivity contribution in [1.82, 2.24) is 9.80 Å². The second kappa shape index (κ2) is 13.5. The summed E-state index contributed by atoms with van der Waals surface area (Å²) in [5.74, 6) is 1.54. The van der Waals surface area contributed by atoms with E-state index in [1.165, 1.54) is 0 Å². The van der Waals surface area contributed by atoms with Crippen LogP contribution in [0.25, 0.3) is 10.8 Å². The van der Waals surface area contributed by atoms with E-state index in [0.29, 0.717) is 48.9 Å². The predicted octanol–water partition coefficient (Wildman–Crippen LogP) is 4.81. The molecular formula is C31H34N2O6. The molecule has 0 radical (unpaired) electrons. The van der Waals surface area contributed by atoms with E-state index in [1.54, 1.807) is 49.5 Å². The van der Waals surface area contributed by atoms with E-state index in [1.807, 2.05) is 60.7 Å². The number of rotatable bonds is 13. The number of hydrogen-bond acceptors (Lipinski definition) is 6. The van der Waals surface area contributed by atoms with Crippen LogP contribution < -0.4 is 9.47 Å². The number of amides is 2. The molecule has 1 aromatic heterocycles. The van der Waals surface area contributed by atoms with Crippen LogP contribution in [0.1, 0.15) is 21.7 Å². The van der Waals surface area contributed by atoms with Crippen molar-refractivity contribution in [3.05, 3.63) is 95.9 Å². The summed E-state index contributed by atoms with van der Waals surface area (Å²) in [7, 11) is 4.76. The van der Waals surface area contributed by atoms with E-state index in [2.05, 4.69) is 0 Å². The van der Waals surface area contributed by atoms with Gasteiger partial charge in [0.15, 0.2) is 11.5 Å². The van der Waals surface area contributed by atoms with Gasteiger partial charge in [0.25, 0.3) is 5.91 Å². The van der Waals surface area contributed by atoms with E-state index in [-0.39, 0.29) is 24.9 Å². The minimum absolute atomic E-state index is 0.0817. The molecule has 0 aliphatic heterocycles. The van der Waals surface area contributed by atoms with Crippen molar-refractivity contribution in [3.63, 3.8) is 0 Å². The van der Waals surface area contributed by atoms with Gasteiger partial charge in [0.2, 0.25) is 5.91 Å². The molecule has 1 heterocycles. The van der Waals surface area contributed by atoms with Crippen LogP contribution in [0.15, 0.2) is 83.5 Å². The fourth-order valence-corrected chi connectivity index (χ4v) is 4.40. The summed E-state index contributed by atoms with van der Waals surface area (Å²) in [6, 6.07) is 22.8. The summed E-state index contributed by atoms with van der Waals surface area (Å²) in [5.41, 5.74) is 1.52. The molecule has 0 unspecified atom stereocenters. The first-order valence-electron chi connectivity index (χ1n) is 12.8. The standard InChI is InChI=1S/C31H34N2O6/c1-36-18-16-33(31(35)26-12-11-24-7-4-5-8-25(24)20-26)22-30(34)32(21-27-9-6-17-39-27)15-14-23-10-13-28(37-2)29(19-23)38-3/h4-13,17,19-20H,14-16,18,21-22H2,1-3H3. The van der Waals surface area contributed by atoms with Gasteiger partial charge in [0, 0.05) is 25.8 Å². The van der Waals surface area contributed by atoms with E-state index in [9.17, 15) is 9.59 Å². The molecular weight excluding hydrogens is 496 g/mol. The van der Waals surface area contributed by atoms with E-state index < -0.39 is 0 Å². The summed E-state index contributed by atoms with van der Waals surface area (Å²) in [6.45, 7) is 1.25. The Bertz CT molecular complexity index is 1390. The summed E-state index contributed by atoms with van der Waals surface area (Å²) in [5, 5.41) is 2.02. The lowest BCUT2D eigenvalue weighted by Crippen LogP contribution is -2.44. The summed E-state index contributed by atoms with van der Waals surface area (Å²) in [6.07, 6.45) is 2.17. The fraction of sp³-hybridized carbons (Fsp3) is 0.290. The number of hydrogen-bond donors (Lipinski definition) is 0. The highest BCUT2D eigenvalue weighted by Crippen LogP contribution is 2.28. The van der Waals surface area contributed by atoms with Crippen molar-refractivity contribution in [2.75, 3.05) is 47.6 Å². The van der Waals surface area contributed by atoms with Crippen LogP contribution >= 0.6 is 0 Å². The highest BCUT2D eigenvalue weighted by Gasteiger charge is 2.23. The summed E-state index contributed by atoms with van der Waals surface area (Å²) < 4.78 is 21.5. The first-order chi connectivity index (χ1) is 19.0. The molecule has 204 valence electrons. The zero-order valence-corrected chi connectivity index (χ0v) is 22.6. The Morgan fingerprint density at radius 1 is 0.795 bits per heavy atom. The third kappa shape index (κ3) is 7.18. The van der Waals surface area contributed by atoms with Gasteiger partial charge in [-0.15, -0.1) is 0 Å². The molecule has 39 heavy (non-hydrogen) atoms. The minimum Gasteiger partial charge on any atom is -0.493 e. The summed E-state index contributed by atoms with van der Waals surface area (Å²) in [4.78, 5) is 30.4.